The van der Waals surface area contributed by atoms with Crippen LogP contribution in [0.1, 0.15) is 71.6 Å². The van der Waals surface area contributed by atoms with E-state index >= 15 is 0 Å². The Labute approximate surface area is 170 Å². The highest BCUT2D eigenvalue weighted by atomic mass is 16.3. The van der Waals surface area contributed by atoms with Gasteiger partial charge in [0.25, 0.3) is 0 Å². The number of carbonyl (C=O) groups is 1. The molecule has 0 unspecified atom stereocenters. The van der Waals surface area contributed by atoms with Crippen LogP contribution in [0.4, 0.5) is 0 Å². The van der Waals surface area contributed by atoms with Crippen LogP contribution in [0.5, 0.6) is 0 Å². The minimum absolute atomic E-state index is 0.0911. The molecule has 0 aromatic rings. The SMILES string of the molecule is C[C@]12CC[C@H](O)CC1=CC[C@@H]1[C@@H]2CC[C@]2(C)C(C(=O)CN3CCCC3)=CC[C@@H]12. The van der Waals surface area contributed by atoms with E-state index in [2.05, 4.69) is 30.9 Å². The smallest absolute Gasteiger partial charge is 0.173 e. The molecule has 5 aliphatic rings. The Bertz CT molecular complexity index is 718. The molecule has 0 aromatic heterocycles. The van der Waals surface area contributed by atoms with Crippen molar-refractivity contribution in [3.8, 4) is 0 Å². The molecule has 3 nitrogen and oxygen atoms in total. The van der Waals surface area contributed by atoms with Gasteiger partial charge in [0.15, 0.2) is 5.78 Å². The average molecular weight is 384 g/mol. The molecule has 6 atom stereocenters. The van der Waals surface area contributed by atoms with E-state index in [0.29, 0.717) is 24.2 Å². The second kappa shape index (κ2) is 6.80. The summed E-state index contributed by atoms with van der Waals surface area (Å²) in [6.45, 7) is 7.72. The molecule has 2 saturated carbocycles. The first-order chi connectivity index (χ1) is 13.4. The molecule has 1 saturated heterocycles. The predicted molar refractivity (Wildman–Crippen MR) is 112 cm³/mol. The van der Waals surface area contributed by atoms with E-state index in [4.69, 9.17) is 0 Å². The van der Waals surface area contributed by atoms with Gasteiger partial charge in [-0.1, -0.05) is 31.6 Å². The molecule has 4 aliphatic carbocycles. The molecule has 28 heavy (non-hydrogen) atoms. The number of hydrogen-bond donors (Lipinski definition) is 1. The summed E-state index contributed by atoms with van der Waals surface area (Å²) in [4.78, 5) is 15.6. The molecule has 1 aliphatic heterocycles. The minimum Gasteiger partial charge on any atom is -0.393 e. The van der Waals surface area contributed by atoms with Crippen molar-refractivity contribution in [3.63, 3.8) is 0 Å². The zero-order chi connectivity index (χ0) is 19.5. The number of fused-ring (bicyclic) bond motifs is 5. The summed E-state index contributed by atoms with van der Waals surface area (Å²) in [5, 5.41) is 10.2. The summed E-state index contributed by atoms with van der Waals surface area (Å²) in [5.74, 6) is 2.48. The summed E-state index contributed by atoms with van der Waals surface area (Å²) in [5.41, 5.74) is 3.08. The number of carbonyl (C=O) groups excluding carboxylic acids is 1. The zero-order valence-electron chi connectivity index (χ0n) is 17.8. The third-order valence-corrected chi connectivity index (χ3v) is 9.53. The lowest BCUT2D eigenvalue weighted by molar-refractivity contribution is -0.118. The van der Waals surface area contributed by atoms with E-state index in [9.17, 15) is 9.90 Å². The molecule has 0 bridgehead atoms. The highest BCUT2D eigenvalue weighted by molar-refractivity contribution is 5.98. The van der Waals surface area contributed by atoms with Crippen LogP contribution in [0.3, 0.4) is 0 Å². The Morgan fingerprint density at radius 2 is 1.82 bits per heavy atom. The number of hydrogen-bond acceptors (Lipinski definition) is 3. The predicted octanol–water partition coefficient (Wildman–Crippen LogP) is 4.51. The van der Waals surface area contributed by atoms with E-state index in [1.165, 1.54) is 36.8 Å². The second-order valence-electron chi connectivity index (χ2n) is 10.9. The Balaban J connectivity index is 1.36. The third kappa shape index (κ3) is 2.80. The second-order valence-corrected chi connectivity index (χ2v) is 10.9. The quantitative estimate of drug-likeness (QED) is 0.729. The first-order valence-corrected chi connectivity index (χ1v) is 11.8. The maximum absolute atomic E-state index is 13.2. The van der Waals surface area contributed by atoms with Crippen molar-refractivity contribution in [3.05, 3.63) is 23.3 Å². The van der Waals surface area contributed by atoms with E-state index in [0.717, 1.165) is 51.1 Å². The number of aliphatic hydroxyl groups excluding tert-OH is 1. The van der Waals surface area contributed by atoms with Crippen LogP contribution in [0.2, 0.25) is 0 Å². The van der Waals surface area contributed by atoms with Crippen molar-refractivity contribution in [1.82, 2.24) is 4.90 Å². The molecule has 5 rings (SSSR count). The number of allylic oxidation sites excluding steroid dienone is 2. The maximum Gasteiger partial charge on any atom is 0.173 e. The molecule has 0 radical (unpaired) electrons. The van der Waals surface area contributed by atoms with Gasteiger partial charge in [-0.3, -0.25) is 9.69 Å². The van der Waals surface area contributed by atoms with Gasteiger partial charge in [-0.2, -0.15) is 0 Å². The molecule has 1 heterocycles. The topological polar surface area (TPSA) is 40.5 Å². The van der Waals surface area contributed by atoms with Gasteiger partial charge < -0.3 is 5.11 Å². The lowest BCUT2D eigenvalue weighted by Crippen LogP contribution is -2.50. The fraction of sp³-hybridized carbons (Fsp3) is 0.800. The first-order valence-electron chi connectivity index (χ1n) is 11.8. The van der Waals surface area contributed by atoms with Gasteiger partial charge in [0.05, 0.1) is 12.6 Å². The minimum atomic E-state index is -0.132. The summed E-state index contributed by atoms with van der Waals surface area (Å²) in [7, 11) is 0. The molecule has 0 spiro atoms. The largest absolute Gasteiger partial charge is 0.393 e. The third-order valence-electron chi connectivity index (χ3n) is 9.53. The Morgan fingerprint density at radius 3 is 2.61 bits per heavy atom. The highest BCUT2D eigenvalue weighted by Crippen LogP contribution is 2.65. The van der Waals surface area contributed by atoms with Crippen LogP contribution >= 0.6 is 0 Å². The number of rotatable bonds is 3. The van der Waals surface area contributed by atoms with Gasteiger partial charge in [-0.15, -0.1) is 0 Å². The van der Waals surface area contributed by atoms with Gasteiger partial charge >= 0.3 is 0 Å². The van der Waals surface area contributed by atoms with Crippen molar-refractivity contribution in [2.24, 2.45) is 28.6 Å². The number of aliphatic hydroxyl groups is 1. The lowest BCUT2D eigenvalue weighted by Gasteiger charge is -2.57. The molecule has 1 N–H and O–H groups in total. The van der Waals surface area contributed by atoms with Crippen LogP contribution < -0.4 is 0 Å². The Morgan fingerprint density at radius 1 is 1.07 bits per heavy atom. The molecule has 3 fully saturated rings. The van der Waals surface area contributed by atoms with Crippen LogP contribution in [0, 0.1) is 28.6 Å². The van der Waals surface area contributed by atoms with Crippen molar-refractivity contribution in [2.45, 2.75) is 77.7 Å². The normalized spacial score (nSPS) is 45.7. The van der Waals surface area contributed by atoms with Gasteiger partial charge in [0.2, 0.25) is 0 Å². The Kier molecular flexibility index (Phi) is 4.63. The molecule has 0 aromatic carbocycles. The van der Waals surface area contributed by atoms with Crippen LogP contribution in [-0.4, -0.2) is 41.5 Å². The standard InChI is InChI=1S/C25H37NO2/c1-24-11-9-18(27)15-17(24)5-6-19-20-7-8-22(25(20,2)12-10-21(19)24)23(28)16-26-13-3-4-14-26/h5,8,18-21,27H,3-4,6-7,9-16H2,1-2H3/t18-,19-,20-,21-,24-,25-/m0/s1. The van der Waals surface area contributed by atoms with E-state index < -0.39 is 0 Å². The maximum atomic E-state index is 13.2. The average Bonchev–Trinajstić information content (AvgIpc) is 3.29. The van der Waals surface area contributed by atoms with Crippen LogP contribution in [0.25, 0.3) is 0 Å². The van der Waals surface area contributed by atoms with Crippen LogP contribution in [0.15, 0.2) is 23.3 Å². The van der Waals surface area contributed by atoms with E-state index in [-0.39, 0.29) is 16.9 Å². The molecule has 0 amide bonds. The molecule has 3 heteroatoms. The highest BCUT2D eigenvalue weighted by Gasteiger charge is 2.57. The summed E-state index contributed by atoms with van der Waals surface area (Å²) < 4.78 is 0. The molecule has 154 valence electrons. The number of nitrogens with zero attached hydrogens (tertiary/aromatic N) is 1. The van der Waals surface area contributed by atoms with Crippen molar-refractivity contribution in [1.29, 1.82) is 0 Å². The first kappa shape index (κ1) is 19.1. The van der Waals surface area contributed by atoms with Crippen molar-refractivity contribution >= 4 is 5.78 Å². The zero-order valence-corrected chi connectivity index (χ0v) is 17.8. The number of likely N-dealkylation sites (tertiary alicyclic amines) is 1. The molecular weight excluding hydrogens is 346 g/mol. The summed E-state index contributed by atoms with van der Waals surface area (Å²) in [6, 6.07) is 0. The monoisotopic (exact) mass is 383 g/mol. The van der Waals surface area contributed by atoms with Gasteiger partial charge in [0.1, 0.15) is 0 Å². The van der Waals surface area contributed by atoms with Gasteiger partial charge in [-0.05, 0) is 105 Å². The summed E-state index contributed by atoms with van der Waals surface area (Å²) in [6.07, 6.45) is 14.8. The van der Waals surface area contributed by atoms with Crippen LogP contribution in [-0.2, 0) is 4.79 Å². The fourth-order valence-electron chi connectivity index (χ4n) is 7.87. The Hall–Kier alpha value is -0.930. The van der Waals surface area contributed by atoms with E-state index in [1.807, 2.05) is 0 Å². The fourth-order valence-corrected chi connectivity index (χ4v) is 7.87. The van der Waals surface area contributed by atoms with E-state index in [1.54, 1.807) is 0 Å². The van der Waals surface area contributed by atoms with Gasteiger partial charge in [0, 0.05) is 0 Å². The number of ketones is 1. The van der Waals surface area contributed by atoms with Gasteiger partial charge in [-0.25, -0.2) is 0 Å². The lowest BCUT2D eigenvalue weighted by atomic mass is 9.47. The van der Waals surface area contributed by atoms with Crippen molar-refractivity contribution in [2.75, 3.05) is 19.6 Å². The number of Topliss-reactive ketones (excluding diaryl/α,β-unsaturated/α-hetero) is 1. The molecular formula is C25H37NO2. The van der Waals surface area contributed by atoms with Crippen molar-refractivity contribution < 1.29 is 9.90 Å². The summed E-state index contributed by atoms with van der Waals surface area (Å²) >= 11 is 0.